The number of hydrogen-bond donors (Lipinski definition) is 1. The third-order valence-corrected chi connectivity index (χ3v) is 8.34. The van der Waals surface area contributed by atoms with Gasteiger partial charge in [0, 0.05) is 18.6 Å². The average Bonchev–Trinajstić information content (AvgIpc) is 2.95. The molecule has 0 saturated carbocycles. The standard InChI is InChI=1S/C34H36N2/c1-3-11-26(12-4-1)23-29-15-7-9-17-31(29)32-18-10-8-16-30(32)24-33-34(28-19-21-36(33)22-20-28)35-25-27-13-5-2-6-14-27/h1-18,28,33-35H,19-25H2. The van der Waals surface area contributed by atoms with Gasteiger partial charge in [0.05, 0.1) is 0 Å². The van der Waals surface area contributed by atoms with E-state index in [0.29, 0.717) is 12.1 Å². The summed E-state index contributed by atoms with van der Waals surface area (Å²) in [7, 11) is 0. The fraction of sp³-hybridized carbons (Fsp3) is 0.294. The van der Waals surface area contributed by atoms with Gasteiger partial charge in [0.1, 0.15) is 0 Å². The van der Waals surface area contributed by atoms with E-state index >= 15 is 0 Å². The molecule has 7 rings (SSSR count). The van der Waals surface area contributed by atoms with Crippen molar-refractivity contribution in [2.45, 2.75) is 44.3 Å². The van der Waals surface area contributed by atoms with Crippen molar-refractivity contribution < 1.29 is 0 Å². The molecule has 3 heterocycles. The Balaban J connectivity index is 1.28. The van der Waals surface area contributed by atoms with E-state index < -0.39 is 0 Å². The van der Waals surface area contributed by atoms with Crippen LogP contribution in [0.2, 0.25) is 0 Å². The van der Waals surface area contributed by atoms with Gasteiger partial charge in [-0.3, -0.25) is 4.90 Å². The summed E-state index contributed by atoms with van der Waals surface area (Å²) in [6.45, 7) is 3.44. The van der Waals surface area contributed by atoms with Gasteiger partial charge in [-0.05, 0) is 78.1 Å². The number of nitrogens with zero attached hydrogens (tertiary/aromatic N) is 1. The van der Waals surface area contributed by atoms with Crippen LogP contribution < -0.4 is 5.32 Å². The van der Waals surface area contributed by atoms with Crippen LogP contribution in [0.1, 0.15) is 35.1 Å². The molecule has 0 aliphatic carbocycles. The first-order valence-electron chi connectivity index (χ1n) is 13.6. The van der Waals surface area contributed by atoms with E-state index in [4.69, 9.17) is 0 Å². The van der Waals surface area contributed by atoms with Gasteiger partial charge in [-0.1, -0.05) is 109 Å². The number of fused-ring (bicyclic) bond motifs is 3. The molecule has 3 aliphatic rings. The van der Waals surface area contributed by atoms with Gasteiger partial charge < -0.3 is 5.32 Å². The smallest absolute Gasteiger partial charge is 0.0292 e. The quantitative estimate of drug-likeness (QED) is 0.305. The van der Waals surface area contributed by atoms with Crippen molar-refractivity contribution in [1.29, 1.82) is 0 Å². The number of rotatable bonds is 8. The normalized spacial score (nSPS) is 23.0. The highest BCUT2D eigenvalue weighted by Gasteiger charge is 2.41. The molecule has 2 bridgehead atoms. The van der Waals surface area contributed by atoms with E-state index in [2.05, 4.69) is 119 Å². The Hall–Kier alpha value is -3.20. The highest BCUT2D eigenvalue weighted by atomic mass is 15.2. The van der Waals surface area contributed by atoms with Crippen LogP contribution in [0.4, 0.5) is 0 Å². The van der Waals surface area contributed by atoms with Crippen molar-refractivity contribution in [3.05, 3.63) is 131 Å². The maximum atomic E-state index is 4.00. The van der Waals surface area contributed by atoms with Crippen LogP contribution in [0.3, 0.4) is 0 Å². The van der Waals surface area contributed by atoms with E-state index in [1.807, 2.05) is 0 Å². The lowest BCUT2D eigenvalue weighted by molar-refractivity contribution is 0.0127. The number of benzene rings is 4. The molecule has 4 aromatic rings. The van der Waals surface area contributed by atoms with Crippen molar-refractivity contribution in [2.24, 2.45) is 5.92 Å². The molecule has 36 heavy (non-hydrogen) atoms. The molecule has 2 atom stereocenters. The van der Waals surface area contributed by atoms with Gasteiger partial charge in [0.15, 0.2) is 0 Å². The molecule has 0 aromatic heterocycles. The van der Waals surface area contributed by atoms with E-state index in [1.165, 1.54) is 59.3 Å². The van der Waals surface area contributed by atoms with Crippen molar-refractivity contribution in [3.63, 3.8) is 0 Å². The maximum Gasteiger partial charge on any atom is 0.0292 e. The van der Waals surface area contributed by atoms with Crippen molar-refractivity contribution in [1.82, 2.24) is 10.2 Å². The Kier molecular flexibility index (Phi) is 6.98. The topological polar surface area (TPSA) is 15.3 Å². The van der Waals surface area contributed by atoms with Gasteiger partial charge in [-0.2, -0.15) is 0 Å². The molecule has 4 aromatic carbocycles. The maximum absolute atomic E-state index is 4.00. The number of nitrogens with one attached hydrogen (secondary N) is 1. The molecular weight excluding hydrogens is 436 g/mol. The molecule has 2 unspecified atom stereocenters. The minimum Gasteiger partial charge on any atom is -0.308 e. The molecule has 182 valence electrons. The molecule has 3 saturated heterocycles. The Morgan fingerprint density at radius 3 is 1.86 bits per heavy atom. The summed E-state index contributed by atoms with van der Waals surface area (Å²) in [5.74, 6) is 0.779. The van der Waals surface area contributed by atoms with Gasteiger partial charge in [-0.15, -0.1) is 0 Å². The summed E-state index contributed by atoms with van der Waals surface area (Å²) in [6.07, 6.45) is 4.71. The van der Waals surface area contributed by atoms with Gasteiger partial charge >= 0.3 is 0 Å². The van der Waals surface area contributed by atoms with Crippen LogP contribution in [-0.4, -0.2) is 30.1 Å². The molecule has 1 N–H and O–H groups in total. The zero-order chi connectivity index (χ0) is 24.2. The lowest BCUT2D eigenvalue weighted by Gasteiger charge is -2.51. The summed E-state index contributed by atoms with van der Waals surface area (Å²) in [5, 5.41) is 4.00. The van der Waals surface area contributed by atoms with E-state index in [1.54, 1.807) is 0 Å². The fourth-order valence-electron chi connectivity index (χ4n) is 6.48. The minimum atomic E-state index is 0.542. The van der Waals surface area contributed by atoms with E-state index in [9.17, 15) is 0 Å². The number of hydrogen-bond acceptors (Lipinski definition) is 2. The Morgan fingerprint density at radius 2 is 1.17 bits per heavy atom. The Morgan fingerprint density at radius 1 is 0.611 bits per heavy atom. The molecule has 2 nitrogen and oxygen atoms in total. The van der Waals surface area contributed by atoms with E-state index in [-0.39, 0.29) is 0 Å². The van der Waals surface area contributed by atoms with Crippen molar-refractivity contribution >= 4 is 0 Å². The fourth-order valence-corrected chi connectivity index (χ4v) is 6.48. The van der Waals surface area contributed by atoms with Gasteiger partial charge in [0.2, 0.25) is 0 Å². The minimum absolute atomic E-state index is 0.542. The first kappa shape index (κ1) is 23.2. The van der Waals surface area contributed by atoms with Crippen LogP contribution in [0.5, 0.6) is 0 Å². The second-order valence-electron chi connectivity index (χ2n) is 10.5. The van der Waals surface area contributed by atoms with Crippen molar-refractivity contribution in [3.8, 4) is 11.1 Å². The molecule has 0 amide bonds. The summed E-state index contributed by atoms with van der Waals surface area (Å²) in [4.78, 5) is 2.76. The molecule has 0 spiro atoms. The van der Waals surface area contributed by atoms with Crippen molar-refractivity contribution in [2.75, 3.05) is 13.1 Å². The largest absolute Gasteiger partial charge is 0.308 e. The Labute approximate surface area is 216 Å². The molecule has 3 aliphatic heterocycles. The monoisotopic (exact) mass is 472 g/mol. The highest BCUT2D eigenvalue weighted by Crippen LogP contribution is 2.36. The lowest BCUT2D eigenvalue weighted by atomic mass is 9.76. The second kappa shape index (κ2) is 10.8. The molecule has 2 heteroatoms. The number of piperidine rings is 3. The summed E-state index contributed by atoms with van der Waals surface area (Å²) >= 11 is 0. The Bertz CT molecular complexity index is 1260. The second-order valence-corrected chi connectivity index (χ2v) is 10.5. The predicted molar refractivity (Wildman–Crippen MR) is 150 cm³/mol. The van der Waals surface area contributed by atoms with Crippen LogP contribution in [0.15, 0.2) is 109 Å². The van der Waals surface area contributed by atoms with Crippen LogP contribution >= 0.6 is 0 Å². The summed E-state index contributed by atoms with van der Waals surface area (Å²) < 4.78 is 0. The summed E-state index contributed by atoms with van der Waals surface area (Å²) in [5.41, 5.74) is 8.39. The lowest BCUT2D eigenvalue weighted by Crippen LogP contribution is -2.63. The predicted octanol–water partition coefficient (Wildman–Crippen LogP) is 6.74. The van der Waals surface area contributed by atoms with Gasteiger partial charge in [0.25, 0.3) is 0 Å². The zero-order valence-electron chi connectivity index (χ0n) is 21.0. The molecule has 3 fully saturated rings. The average molecular weight is 473 g/mol. The van der Waals surface area contributed by atoms with Gasteiger partial charge in [-0.25, -0.2) is 0 Å². The summed E-state index contributed by atoms with van der Waals surface area (Å²) in [6, 6.07) is 40.9. The zero-order valence-corrected chi connectivity index (χ0v) is 21.0. The van der Waals surface area contributed by atoms with E-state index in [0.717, 1.165) is 25.3 Å². The highest BCUT2D eigenvalue weighted by molar-refractivity contribution is 5.71. The molecule has 0 radical (unpaired) electrons. The SMILES string of the molecule is c1ccc(CNC2C3CCN(CC3)C2Cc2ccccc2-c2ccccc2Cc2ccccc2)cc1. The van der Waals surface area contributed by atoms with Crippen LogP contribution in [0.25, 0.3) is 11.1 Å². The molecular formula is C34H36N2. The third kappa shape index (κ3) is 5.02. The third-order valence-electron chi connectivity index (χ3n) is 8.34. The first-order valence-corrected chi connectivity index (χ1v) is 13.6. The van der Waals surface area contributed by atoms with Crippen LogP contribution in [0, 0.1) is 5.92 Å². The van der Waals surface area contributed by atoms with Crippen LogP contribution in [-0.2, 0) is 19.4 Å². The first-order chi connectivity index (χ1) is 17.8.